The smallest absolute Gasteiger partial charge is 0.290 e. The topological polar surface area (TPSA) is 59.8 Å². The van der Waals surface area contributed by atoms with E-state index in [4.69, 9.17) is 0 Å². The number of hydrogen-bond acceptors (Lipinski definition) is 2. The Bertz CT molecular complexity index is 717. The zero-order chi connectivity index (χ0) is 12.5. The first-order valence-electron chi connectivity index (χ1n) is 5.56. The molecule has 0 fully saturated rings. The van der Waals surface area contributed by atoms with Crippen LogP contribution in [0.4, 0.5) is 0 Å². The highest BCUT2D eigenvalue weighted by atomic mass is 16.5. The van der Waals surface area contributed by atoms with Crippen molar-refractivity contribution in [3.63, 3.8) is 0 Å². The van der Waals surface area contributed by atoms with Gasteiger partial charge in [-0.25, -0.2) is 9.71 Å². The van der Waals surface area contributed by atoms with E-state index < -0.39 is 0 Å². The average Bonchev–Trinajstić information content (AvgIpc) is 2.84. The molecule has 2 aromatic heterocycles. The van der Waals surface area contributed by atoms with Gasteiger partial charge in [-0.2, -0.15) is 0 Å². The molecule has 0 aliphatic rings. The summed E-state index contributed by atoms with van der Waals surface area (Å²) in [5, 5.41) is 12.2. The number of carbonyl (C=O) groups is 1. The summed E-state index contributed by atoms with van der Waals surface area (Å²) < 4.78 is 0.719. The van der Waals surface area contributed by atoms with Gasteiger partial charge < -0.3 is 5.21 Å². The maximum atomic E-state index is 12.3. The molecule has 0 saturated heterocycles. The van der Waals surface area contributed by atoms with Crippen LogP contribution in [0.1, 0.15) is 15.9 Å². The van der Waals surface area contributed by atoms with Crippen molar-refractivity contribution in [2.45, 2.75) is 0 Å². The van der Waals surface area contributed by atoms with Crippen molar-refractivity contribution in [3.8, 4) is 0 Å². The van der Waals surface area contributed by atoms with E-state index in [9.17, 15) is 10.0 Å². The largest absolute Gasteiger partial charge is 0.711 e. The Morgan fingerprint density at radius 1 is 1.11 bits per heavy atom. The molecule has 4 nitrogen and oxygen atoms in total. The molecular formula is C14H10N2O2. The summed E-state index contributed by atoms with van der Waals surface area (Å²) >= 11 is 0. The summed E-state index contributed by atoms with van der Waals surface area (Å²) in [5.74, 6) is -0.0898. The van der Waals surface area contributed by atoms with Crippen molar-refractivity contribution in [1.29, 1.82) is 0 Å². The normalized spacial score (nSPS) is 10.7. The Balaban J connectivity index is 2.16. The second kappa shape index (κ2) is 4.00. The SMILES string of the molecule is O=C(c1ccccc1)c1c[nH]c2c1ccc[n+]2[O-]. The van der Waals surface area contributed by atoms with Crippen molar-refractivity contribution in [2.75, 3.05) is 0 Å². The molecule has 18 heavy (non-hydrogen) atoms. The van der Waals surface area contributed by atoms with Crippen LogP contribution < -0.4 is 4.73 Å². The fourth-order valence-corrected chi connectivity index (χ4v) is 2.00. The van der Waals surface area contributed by atoms with Crippen LogP contribution in [0.3, 0.4) is 0 Å². The lowest BCUT2D eigenvalue weighted by Crippen LogP contribution is -2.25. The van der Waals surface area contributed by atoms with Gasteiger partial charge in [0, 0.05) is 5.56 Å². The number of benzene rings is 1. The molecule has 2 heterocycles. The Morgan fingerprint density at radius 3 is 2.67 bits per heavy atom. The van der Waals surface area contributed by atoms with Gasteiger partial charge in [0.1, 0.15) is 6.20 Å². The van der Waals surface area contributed by atoms with Gasteiger partial charge in [-0.1, -0.05) is 30.3 Å². The van der Waals surface area contributed by atoms with Gasteiger partial charge in [0.2, 0.25) is 0 Å². The molecular weight excluding hydrogens is 228 g/mol. The monoisotopic (exact) mass is 238 g/mol. The quantitative estimate of drug-likeness (QED) is 0.422. The number of aromatic amines is 1. The molecule has 0 atom stereocenters. The number of rotatable bonds is 2. The summed E-state index contributed by atoms with van der Waals surface area (Å²) in [6.07, 6.45) is 2.98. The Kier molecular flexibility index (Phi) is 2.34. The molecule has 0 amide bonds. The van der Waals surface area contributed by atoms with Crippen LogP contribution in [-0.4, -0.2) is 10.8 Å². The zero-order valence-corrected chi connectivity index (χ0v) is 9.46. The number of nitrogens with one attached hydrogen (secondary N) is 1. The fourth-order valence-electron chi connectivity index (χ4n) is 2.00. The van der Waals surface area contributed by atoms with Crippen LogP contribution >= 0.6 is 0 Å². The predicted octanol–water partition coefficient (Wildman–Crippen LogP) is 2.03. The van der Waals surface area contributed by atoms with Crippen LogP contribution in [-0.2, 0) is 0 Å². The Labute approximate surface area is 103 Å². The third kappa shape index (κ3) is 1.55. The maximum Gasteiger partial charge on any atom is 0.290 e. The first kappa shape index (κ1) is 10.5. The van der Waals surface area contributed by atoms with Crippen LogP contribution in [0.25, 0.3) is 11.0 Å². The molecule has 0 aliphatic heterocycles. The first-order valence-corrected chi connectivity index (χ1v) is 5.56. The minimum absolute atomic E-state index is 0.0898. The first-order chi connectivity index (χ1) is 8.77. The van der Waals surface area contributed by atoms with E-state index in [1.807, 2.05) is 18.2 Å². The van der Waals surface area contributed by atoms with Gasteiger partial charge in [0.25, 0.3) is 5.65 Å². The number of fused-ring (bicyclic) bond motifs is 1. The zero-order valence-electron chi connectivity index (χ0n) is 9.46. The van der Waals surface area contributed by atoms with E-state index in [1.165, 1.54) is 6.20 Å². The number of carbonyl (C=O) groups excluding carboxylic acids is 1. The van der Waals surface area contributed by atoms with Crippen LogP contribution in [0, 0.1) is 5.21 Å². The lowest BCUT2D eigenvalue weighted by molar-refractivity contribution is -0.579. The summed E-state index contributed by atoms with van der Waals surface area (Å²) in [7, 11) is 0. The van der Waals surface area contributed by atoms with E-state index in [0.717, 1.165) is 4.73 Å². The number of ketones is 1. The summed E-state index contributed by atoms with van der Waals surface area (Å²) in [4.78, 5) is 15.1. The average molecular weight is 238 g/mol. The van der Waals surface area contributed by atoms with Crippen LogP contribution in [0.15, 0.2) is 54.9 Å². The molecule has 4 heteroatoms. The van der Waals surface area contributed by atoms with Crippen molar-refractivity contribution >= 4 is 16.8 Å². The van der Waals surface area contributed by atoms with Crippen molar-refractivity contribution in [3.05, 3.63) is 71.2 Å². The van der Waals surface area contributed by atoms with E-state index in [0.29, 0.717) is 22.2 Å². The van der Waals surface area contributed by atoms with Crippen molar-refractivity contribution < 1.29 is 9.52 Å². The van der Waals surface area contributed by atoms with Gasteiger partial charge in [-0.05, 0) is 12.1 Å². The van der Waals surface area contributed by atoms with Crippen molar-refractivity contribution in [2.24, 2.45) is 0 Å². The van der Waals surface area contributed by atoms with Crippen LogP contribution in [0.5, 0.6) is 0 Å². The molecule has 88 valence electrons. The van der Waals surface area contributed by atoms with Gasteiger partial charge in [-0.15, -0.1) is 0 Å². The standard InChI is InChI=1S/C14H10N2O2/c17-13(10-5-2-1-3-6-10)12-9-15-14-11(12)7-4-8-16(14)18/h1-9,15H. The third-order valence-electron chi connectivity index (χ3n) is 2.88. The van der Waals surface area contributed by atoms with Crippen LogP contribution in [0.2, 0.25) is 0 Å². The summed E-state index contributed by atoms with van der Waals surface area (Å²) in [6, 6.07) is 12.4. The third-order valence-corrected chi connectivity index (χ3v) is 2.88. The Morgan fingerprint density at radius 2 is 1.89 bits per heavy atom. The number of aromatic nitrogens is 2. The molecule has 1 N–H and O–H groups in total. The second-order valence-electron chi connectivity index (χ2n) is 3.99. The number of H-pyrrole nitrogens is 1. The molecule has 0 radical (unpaired) electrons. The molecule has 0 unspecified atom stereocenters. The van der Waals surface area contributed by atoms with Gasteiger partial charge in [0.05, 0.1) is 17.1 Å². The second-order valence-corrected chi connectivity index (χ2v) is 3.99. The lowest BCUT2D eigenvalue weighted by atomic mass is 10.0. The summed E-state index contributed by atoms with van der Waals surface area (Å²) in [5.41, 5.74) is 1.53. The molecule has 0 aliphatic carbocycles. The molecule has 0 saturated carbocycles. The van der Waals surface area contributed by atoms with Gasteiger partial charge in [0.15, 0.2) is 5.78 Å². The van der Waals surface area contributed by atoms with Gasteiger partial charge >= 0.3 is 0 Å². The highest BCUT2D eigenvalue weighted by molar-refractivity contribution is 6.15. The highest BCUT2D eigenvalue weighted by Crippen LogP contribution is 2.18. The molecule has 1 aromatic carbocycles. The number of nitrogens with zero attached hydrogens (tertiary/aromatic N) is 1. The molecule has 0 bridgehead atoms. The minimum Gasteiger partial charge on any atom is -0.711 e. The van der Waals surface area contributed by atoms with E-state index in [1.54, 1.807) is 30.5 Å². The fraction of sp³-hybridized carbons (Fsp3) is 0. The lowest BCUT2D eigenvalue weighted by Gasteiger charge is -2.01. The van der Waals surface area contributed by atoms with E-state index >= 15 is 0 Å². The van der Waals surface area contributed by atoms with E-state index in [-0.39, 0.29) is 5.78 Å². The highest BCUT2D eigenvalue weighted by Gasteiger charge is 2.17. The molecule has 3 aromatic rings. The van der Waals surface area contributed by atoms with Gasteiger partial charge in [-0.3, -0.25) is 4.79 Å². The molecule has 3 rings (SSSR count). The number of pyridine rings is 1. The maximum absolute atomic E-state index is 12.3. The van der Waals surface area contributed by atoms with Crippen molar-refractivity contribution in [1.82, 2.24) is 4.98 Å². The predicted molar refractivity (Wildman–Crippen MR) is 67.1 cm³/mol. The Hall–Kier alpha value is -2.62. The summed E-state index contributed by atoms with van der Waals surface area (Å²) in [6.45, 7) is 0. The minimum atomic E-state index is -0.0898. The van der Waals surface area contributed by atoms with E-state index in [2.05, 4.69) is 4.98 Å². The number of hydrogen-bond donors (Lipinski definition) is 1. The molecule has 0 spiro atoms.